The van der Waals surface area contributed by atoms with Gasteiger partial charge in [0.25, 0.3) is 0 Å². The minimum absolute atomic E-state index is 0.0743. The molecule has 0 spiro atoms. The number of aliphatic carboxylic acids is 1. The van der Waals surface area contributed by atoms with Gasteiger partial charge in [0.15, 0.2) is 0 Å². The molecule has 29 heavy (non-hydrogen) atoms. The van der Waals surface area contributed by atoms with Crippen LogP contribution < -0.4 is 0 Å². The minimum Gasteiger partial charge on any atom is -0.480 e. The third-order valence-electron chi connectivity index (χ3n) is 5.19. The number of ether oxygens (including phenoxy) is 1. The molecule has 1 amide bonds. The zero-order chi connectivity index (χ0) is 20.4. The van der Waals surface area contributed by atoms with Gasteiger partial charge in [-0.2, -0.15) is 0 Å². The van der Waals surface area contributed by atoms with E-state index in [9.17, 15) is 14.7 Å². The second-order valence-electron chi connectivity index (χ2n) is 7.05. The fraction of sp³-hybridized carbons (Fsp3) is 0.227. The van der Waals surface area contributed by atoms with Crippen LogP contribution in [0.15, 0.2) is 61.1 Å². The predicted molar refractivity (Wildman–Crippen MR) is 106 cm³/mol. The van der Waals surface area contributed by atoms with Crippen molar-refractivity contribution in [1.82, 2.24) is 14.5 Å². The van der Waals surface area contributed by atoms with Gasteiger partial charge in [-0.1, -0.05) is 48.5 Å². The van der Waals surface area contributed by atoms with Crippen molar-refractivity contribution in [3.05, 3.63) is 77.9 Å². The van der Waals surface area contributed by atoms with Gasteiger partial charge < -0.3 is 14.4 Å². The zero-order valence-corrected chi connectivity index (χ0v) is 16.0. The molecule has 1 aliphatic carbocycles. The highest BCUT2D eigenvalue weighted by Gasteiger charge is 2.30. The first-order valence-electron chi connectivity index (χ1n) is 9.31. The number of nitrogens with zero attached hydrogens (tertiary/aromatic N) is 3. The summed E-state index contributed by atoms with van der Waals surface area (Å²) in [6.07, 6.45) is 2.55. The number of amides is 1. The summed E-state index contributed by atoms with van der Waals surface area (Å²) in [6, 6.07) is 16.1. The van der Waals surface area contributed by atoms with Crippen LogP contribution in [-0.4, -0.2) is 44.8 Å². The average molecular weight is 391 g/mol. The van der Waals surface area contributed by atoms with E-state index in [0.29, 0.717) is 0 Å². The van der Waals surface area contributed by atoms with Crippen molar-refractivity contribution in [3.63, 3.8) is 0 Å². The number of aromatic nitrogens is 2. The van der Waals surface area contributed by atoms with Crippen molar-refractivity contribution in [2.45, 2.75) is 12.5 Å². The van der Waals surface area contributed by atoms with Crippen LogP contribution in [0.2, 0.25) is 0 Å². The molecule has 1 N–H and O–H groups in total. The molecule has 0 fully saturated rings. The maximum absolute atomic E-state index is 12.7. The normalized spacial score (nSPS) is 12.3. The van der Waals surface area contributed by atoms with Crippen LogP contribution in [0.5, 0.6) is 0 Å². The molecule has 0 unspecified atom stereocenters. The number of hydrogen-bond acceptors (Lipinski definition) is 4. The van der Waals surface area contributed by atoms with Crippen molar-refractivity contribution >= 4 is 12.1 Å². The summed E-state index contributed by atoms with van der Waals surface area (Å²) in [7, 11) is 1.79. The van der Waals surface area contributed by atoms with Crippen molar-refractivity contribution in [1.29, 1.82) is 0 Å². The van der Waals surface area contributed by atoms with E-state index in [1.165, 1.54) is 4.90 Å². The highest BCUT2D eigenvalue weighted by atomic mass is 16.6. The van der Waals surface area contributed by atoms with Crippen molar-refractivity contribution in [2.75, 3.05) is 13.2 Å². The molecular formula is C22H21N3O4. The molecule has 0 aliphatic heterocycles. The maximum atomic E-state index is 12.7. The SMILES string of the molecule is Cn1cncc1CN(CC(=O)O)C(=O)OCC1c2ccccc2-c2ccccc21. The number of aryl methyl sites for hydroxylation is 1. The number of rotatable bonds is 6. The molecule has 0 radical (unpaired) electrons. The monoisotopic (exact) mass is 391 g/mol. The first kappa shape index (κ1) is 18.7. The van der Waals surface area contributed by atoms with Crippen LogP contribution in [0.25, 0.3) is 11.1 Å². The second kappa shape index (κ2) is 7.79. The van der Waals surface area contributed by atoms with Crippen molar-refractivity contribution in [3.8, 4) is 11.1 Å². The first-order valence-corrected chi connectivity index (χ1v) is 9.31. The lowest BCUT2D eigenvalue weighted by Crippen LogP contribution is -2.36. The standard InChI is InChI=1S/C22H21N3O4/c1-24-14-23-10-15(24)11-25(12-21(26)27)22(28)29-13-20-18-8-4-2-6-16(18)17-7-3-5-9-19(17)20/h2-10,14,20H,11-13H2,1H3,(H,26,27). The Bertz CT molecular complexity index is 1010. The molecule has 7 nitrogen and oxygen atoms in total. The Morgan fingerprint density at radius 2 is 1.72 bits per heavy atom. The van der Waals surface area contributed by atoms with Gasteiger partial charge in [0.05, 0.1) is 18.6 Å². The van der Waals surface area contributed by atoms with Gasteiger partial charge in [-0.05, 0) is 22.3 Å². The Morgan fingerprint density at radius 1 is 1.10 bits per heavy atom. The number of hydrogen-bond donors (Lipinski definition) is 1. The third kappa shape index (κ3) is 3.71. The number of carboxylic acids is 1. The molecule has 0 bridgehead atoms. The molecule has 148 valence electrons. The quantitative estimate of drug-likeness (QED) is 0.697. The molecule has 1 heterocycles. The first-order chi connectivity index (χ1) is 14.0. The van der Waals surface area contributed by atoms with Crippen molar-refractivity contribution < 1.29 is 19.4 Å². The summed E-state index contributed by atoms with van der Waals surface area (Å²) >= 11 is 0. The number of benzene rings is 2. The minimum atomic E-state index is -1.10. The summed E-state index contributed by atoms with van der Waals surface area (Å²) < 4.78 is 7.33. The average Bonchev–Trinajstić information content (AvgIpc) is 3.26. The topological polar surface area (TPSA) is 84.7 Å². The molecular weight excluding hydrogens is 370 g/mol. The molecule has 1 aliphatic rings. The summed E-state index contributed by atoms with van der Waals surface area (Å²) in [6.45, 7) is -0.185. The molecule has 7 heteroatoms. The van der Waals surface area contributed by atoms with E-state index in [1.54, 1.807) is 24.1 Å². The Kier molecular flexibility index (Phi) is 5.03. The van der Waals surface area contributed by atoms with Crippen molar-refractivity contribution in [2.24, 2.45) is 7.05 Å². The molecule has 3 aromatic rings. The van der Waals surface area contributed by atoms with Crippen LogP contribution in [-0.2, 0) is 23.1 Å². The summed E-state index contributed by atoms with van der Waals surface area (Å²) in [4.78, 5) is 29.1. The molecule has 0 saturated carbocycles. The molecule has 0 atom stereocenters. The fourth-order valence-corrected chi connectivity index (χ4v) is 3.77. The third-order valence-corrected chi connectivity index (χ3v) is 5.19. The van der Waals surface area contributed by atoms with Crippen LogP contribution in [0.1, 0.15) is 22.7 Å². The summed E-state index contributed by atoms with van der Waals surface area (Å²) in [5.41, 5.74) is 5.22. The van der Waals surface area contributed by atoms with Crippen LogP contribution in [0, 0.1) is 0 Å². The van der Waals surface area contributed by atoms with Gasteiger partial charge in [-0.25, -0.2) is 9.78 Å². The number of fused-ring (bicyclic) bond motifs is 3. The van der Waals surface area contributed by atoms with Crippen LogP contribution in [0.3, 0.4) is 0 Å². The van der Waals surface area contributed by atoms with Gasteiger partial charge in [0.1, 0.15) is 13.2 Å². The van der Waals surface area contributed by atoms with Gasteiger partial charge in [-0.3, -0.25) is 9.69 Å². The number of carboxylic acid groups (broad SMARTS) is 1. The van der Waals surface area contributed by atoms with Gasteiger partial charge in [-0.15, -0.1) is 0 Å². The highest BCUT2D eigenvalue weighted by Crippen LogP contribution is 2.44. The zero-order valence-electron chi connectivity index (χ0n) is 16.0. The molecule has 0 saturated heterocycles. The number of carbonyl (C=O) groups is 2. The van der Waals surface area contributed by atoms with E-state index in [1.807, 2.05) is 36.4 Å². The van der Waals surface area contributed by atoms with E-state index in [0.717, 1.165) is 27.9 Å². The van der Waals surface area contributed by atoms with Gasteiger partial charge in [0, 0.05) is 19.2 Å². The molecule has 4 rings (SSSR count). The van der Waals surface area contributed by atoms with Crippen LogP contribution in [0.4, 0.5) is 4.79 Å². The van der Waals surface area contributed by atoms with Gasteiger partial charge in [0.2, 0.25) is 0 Å². The Hall–Kier alpha value is -3.61. The second-order valence-corrected chi connectivity index (χ2v) is 7.05. The lowest BCUT2D eigenvalue weighted by Gasteiger charge is -2.22. The van der Waals surface area contributed by atoms with E-state index in [2.05, 4.69) is 17.1 Å². The predicted octanol–water partition coefficient (Wildman–Crippen LogP) is 3.26. The maximum Gasteiger partial charge on any atom is 0.410 e. The summed E-state index contributed by atoms with van der Waals surface area (Å²) in [5, 5.41) is 9.20. The Labute approximate surface area is 168 Å². The van der Waals surface area contributed by atoms with E-state index >= 15 is 0 Å². The van der Waals surface area contributed by atoms with E-state index < -0.39 is 18.6 Å². The molecule has 1 aromatic heterocycles. The lowest BCUT2D eigenvalue weighted by molar-refractivity contribution is -0.138. The Balaban J connectivity index is 1.52. The highest BCUT2D eigenvalue weighted by molar-refractivity contribution is 5.79. The number of carbonyl (C=O) groups excluding carboxylic acids is 1. The van der Waals surface area contributed by atoms with Crippen LogP contribution >= 0.6 is 0 Å². The Morgan fingerprint density at radius 3 is 2.28 bits per heavy atom. The van der Waals surface area contributed by atoms with E-state index in [-0.39, 0.29) is 19.1 Å². The molecule has 2 aromatic carbocycles. The van der Waals surface area contributed by atoms with E-state index in [4.69, 9.17) is 4.74 Å². The summed E-state index contributed by atoms with van der Waals surface area (Å²) in [5.74, 6) is -1.17. The fourth-order valence-electron chi connectivity index (χ4n) is 3.77. The smallest absolute Gasteiger partial charge is 0.410 e. The number of imidazole rings is 1. The lowest BCUT2D eigenvalue weighted by atomic mass is 9.98. The van der Waals surface area contributed by atoms with Gasteiger partial charge >= 0.3 is 12.1 Å². The largest absolute Gasteiger partial charge is 0.480 e.